The zero-order chi connectivity index (χ0) is 12.0. The first-order chi connectivity index (χ1) is 7.56. The van der Waals surface area contributed by atoms with Crippen molar-refractivity contribution < 1.29 is 14.4 Å². The highest BCUT2D eigenvalue weighted by Gasteiger charge is 2.23. The van der Waals surface area contributed by atoms with Crippen LogP contribution in [0.3, 0.4) is 0 Å². The topological polar surface area (TPSA) is 37.3 Å². The quantitative estimate of drug-likeness (QED) is 0.735. The smallest absolute Gasteiger partial charge is 0.183 e. The molecule has 0 radical (unpaired) electrons. The van der Waals surface area contributed by atoms with Crippen molar-refractivity contribution in [3.05, 3.63) is 35.9 Å². The van der Waals surface area contributed by atoms with Gasteiger partial charge < -0.3 is 9.59 Å². The number of Topliss-reactive ketones (excluding diaryl/α,β-unsaturated/α-hetero) is 1. The van der Waals surface area contributed by atoms with Crippen molar-refractivity contribution in [1.29, 1.82) is 0 Å². The van der Waals surface area contributed by atoms with Crippen LogP contribution in [0.15, 0.2) is 30.3 Å². The van der Waals surface area contributed by atoms with E-state index in [2.05, 4.69) is 0 Å². The molecule has 0 heterocycles. The van der Waals surface area contributed by atoms with Gasteiger partial charge in [0.15, 0.2) is 5.78 Å². The lowest BCUT2D eigenvalue weighted by molar-refractivity contribution is -0.915. The third-order valence-electron chi connectivity index (χ3n) is 2.65. The zero-order valence-corrected chi connectivity index (χ0v) is 10.0. The summed E-state index contributed by atoms with van der Waals surface area (Å²) in [7, 11) is 2.00. The molecule has 3 heteroatoms. The average Bonchev–Trinajstić information content (AvgIpc) is 2.17. The highest BCUT2D eigenvalue weighted by molar-refractivity contribution is 5.76. The maximum atomic E-state index is 11.2. The van der Waals surface area contributed by atoms with E-state index in [1.165, 1.54) is 5.56 Å². The molecule has 1 aromatic rings. The Labute approximate surface area is 96.9 Å². The van der Waals surface area contributed by atoms with Crippen LogP contribution in [0.25, 0.3) is 0 Å². The van der Waals surface area contributed by atoms with Gasteiger partial charge in [-0.3, -0.25) is 4.79 Å². The maximum absolute atomic E-state index is 11.2. The van der Waals surface area contributed by atoms with E-state index in [0.717, 1.165) is 6.54 Å². The fraction of sp³-hybridized carbons (Fsp3) is 0.462. The number of aliphatic hydroxyl groups excluding tert-OH is 1. The second kappa shape index (κ2) is 5.77. The molecular weight excluding hydrogens is 202 g/mol. The molecule has 0 saturated carbocycles. The monoisotopic (exact) mass is 222 g/mol. The minimum atomic E-state index is 0.108. The number of nitrogens with zero attached hydrogens (tertiary/aromatic N) is 1. The molecule has 0 aromatic heterocycles. The second-order valence-corrected chi connectivity index (χ2v) is 4.57. The van der Waals surface area contributed by atoms with Crippen molar-refractivity contribution in [1.82, 2.24) is 0 Å². The summed E-state index contributed by atoms with van der Waals surface area (Å²) >= 11 is 0. The van der Waals surface area contributed by atoms with Gasteiger partial charge in [-0.15, -0.1) is 0 Å². The van der Waals surface area contributed by atoms with E-state index in [4.69, 9.17) is 5.11 Å². The van der Waals surface area contributed by atoms with Crippen LogP contribution in [0.4, 0.5) is 0 Å². The Morgan fingerprint density at radius 3 is 2.44 bits per heavy atom. The van der Waals surface area contributed by atoms with Gasteiger partial charge in [-0.2, -0.15) is 0 Å². The lowest BCUT2D eigenvalue weighted by Gasteiger charge is -2.33. The molecule has 1 rings (SSSR count). The lowest BCUT2D eigenvalue weighted by atomic mass is 10.2. The van der Waals surface area contributed by atoms with Crippen molar-refractivity contribution >= 4 is 5.78 Å². The standard InChI is InChI=1S/C13H20NO2/c1-12(16)10-14(2,8-9-15)11-13-6-4-3-5-7-13/h3-7,15H,8-11H2,1-2H3/q+1. The number of rotatable bonds is 6. The summed E-state index contributed by atoms with van der Waals surface area (Å²) in [4.78, 5) is 11.2. The fourth-order valence-electron chi connectivity index (χ4n) is 2.02. The number of hydrogen-bond acceptors (Lipinski definition) is 2. The van der Waals surface area contributed by atoms with E-state index < -0.39 is 0 Å². The number of benzene rings is 1. The van der Waals surface area contributed by atoms with Crippen LogP contribution in [-0.4, -0.2) is 42.1 Å². The van der Waals surface area contributed by atoms with Crippen molar-refractivity contribution in [2.45, 2.75) is 13.5 Å². The van der Waals surface area contributed by atoms with Crippen LogP contribution in [0.1, 0.15) is 12.5 Å². The predicted octanol–water partition coefficient (Wildman–Crippen LogP) is 1.21. The summed E-state index contributed by atoms with van der Waals surface area (Å²) in [6.07, 6.45) is 0. The molecule has 0 spiro atoms. The predicted molar refractivity (Wildman–Crippen MR) is 63.8 cm³/mol. The van der Waals surface area contributed by atoms with Gasteiger partial charge in [0, 0.05) is 12.5 Å². The molecular formula is C13H20NO2+. The number of aliphatic hydroxyl groups is 1. The van der Waals surface area contributed by atoms with E-state index in [1.807, 2.05) is 37.4 Å². The molecule has 88 valence electrons. The van der Waals surface area contributed by atoms with Gasteiger partial charge in [-0.05, 0) is 0 Å². The first-order valence-electron chi connectivity index (χ1n) is 5.53. The molecule has 0 aliphatic rings. The number of ketones is 1. The van der Waals surface area contributed by atoms with Crippen LogP contribution in [-0.2, 0) is 11.3 Å². The first-order valence-corrected chi connectivity index (χ1v) is 5.53. The summed E-state index contributed by atoms with van der Waals surface area (Å²) in [6, 6.07) is 10.1. The molecule has 1 aromatic carbocycles. The SMILES string of the molecule is CC(=O)C[N+](C)(CCO)Cc1ccccc1. The number of quaternary nitrogens is 1. The Kier molecular flexibility index (Phi) is 4.65. The van der Waals surface area contributed by atoms with Crippen molar-refractivity contribution in [3.63, 3.8) is 0 Å². The number of carbonyl (C=O) groups is 1. The Hall–Kier alpha value is -1.19. The number of likely N-dealkylation sites (N-methyl/N-ethyl adjacent to an activating group) is 1. The molecule has 0 aliphatic carbocycles. The molecule has 0 fully saturated rings. The Bertz CT molecular complexity index is 337. The van der Waals surface area contributed by atoms with E-state index in [-0.39, 0.29) is 12.4 Å². The molecule has 16 heavy (non-hydrogen) atoms. The van der Waals surface area contributed by atoms with Crippen molar-refractivity contribution in [2.75, 3.05) is 26.7 Å². The molecule has 1 N–H and O–H groups in total. The van der Waals surface area contributed by atoms with E-state index in [9.17, 15) is 4.79 Å². The third kappa shape index (κ3) is 4.13. The number of hydrogen-bond donors (Lipinski definition) is 1. The molecule has 0 bridgehead atoms. The normalized spacial score (nSPS) is 14.4. The highest BCUT2D eigenvalue weighted by Crippen LogP contribution is 2.11. The van der Waals surface area contributed by atoms with Gasteiger partial charge in [-0.25, -0.2) is 0 Å². The van der Waals surface area contributed by atoms with Crippen molar-refractivity contribution in [3.8, 4) is 0 Å². The van der Waals surface area contributed by atoms with Gasteiger partial charge in [0.05, 0.1) is 13.7 Å². The molecule has 0 aliphatic heterocycles. The summed E-state index contributed by atoms with van der Waals surface area (Å²) < 4.78 is 0.565. The number of carbonyl (C=O) groups excluding carboxylic acids is 1. The first kappa shape index (κ1) is 12.9. The lowest BCUT2D eigenvalue weighted by Crippen LogP contribution is -2.48. The maximum Gasteiger partial charge on any atom is 0.183 e. The minimum Gasteiger partial charge on any atom is -0.391 e. The van der Waals surface area contributed by atoms with E-state index >= 15 is 0 Å². The van der Waals surface area contributed by atoms with Crippen LogP contribution in [0.5, 0.6) is 0 Å². The highest BCUT2D eigenvalue weighted by atomic mass is 16.3. The Morgan fingerprint density at radius 2 is 1.94 bits per heavy atom. The van der Waals surface area contributed by atoms with Crippen LogP contribution >= 0.6 is 0 Å². The zero-order valence-electron chi connectivity index (χ0n) is 10.0. The van der Waals surface area contributed by atoms with E-state index in [1.54, 1.807) is 6.92 Å². The molecule has 0 saturated heterocycles. The van der Waals surface area contributed by atoms with Crippen molar-refractivity contribution in [2.24, 2.45) is 0 Å². The second-order valence-electron chi connectivity index (χ2n) is 4.57. The van der Waals surface area contributed by atoms with Gasteiger partial charge in [0.25, 0.3) is 0 Å². The largest absolute Gasteiger partial charge is 0.391 e. The summed E-state index contributed by atoms with van der Waals surface area (Å²) in [5, 5.41) is 9.07. The molecule has 1 atom stereocenters. The molecule has 0 amide bonds. The van der Waals surface area contributed by atoms with Gasteiger partial charge in [0.1, 0.15) is 19.6 Å². The fourth-order valence-corrected chi connectivity index (χ4v) is 2.02. The third-order valence-corrected chi connectivity index (χ3v) is 2.65. The van der Waals surface area contributed by atoms with Crippen LogP contribution < -0.4 is 0 Å². The summed E-state index contributed by atoms with van der Waals surface area (Å²) in [5.74, 6) is 0.159. The Morgan fingerprint density at radius 1 is 1.31 bits per heavy atom. The Balaban J connectivity index is 2.74. The van der Waals surface area contributed by atoms with Crippen LogP contribution in [0.2, 0.25) is 0 Å². The minimum absolute atomic E-state index is 0.108. The average molecular weight is 222 g/mol. The molecule has 3 nitrogen and oxygen atoms in total. The van der Waals surface area contributed by atoms with Gasteiger partial charge >= 0.3 is 0 Å². The summed E-state index contributed by atoms with van der Waals surface area (Å²) in [5.41, 5.74) is 1.19. The summed E-state index contributed by atoms with van der Waals surface area (Å²) in [6.45, 7) is 3.56. The molecule has 1 unspecified atom stereocenters. The van der Waals surface area contributed by atoms with Gasteiger partial charge in [-0.1, -0.05) is 30.3 Å². The van der Waals surface area contributed by atoms with Crippen LogP contribution in [0, 0.1) is 0 Å². The van der Waals surface area contributed by atoms with Gasteiger partial charge in [0.2, 0.25) is 0 Å². The van der Waals surface area contributed by atoms with E-state index in [0.29, 0.717) is 17.6 Å².